The molecule has 2 aromatic rings. The van der Waals surface area contributed by atoms with Crippen molar-refractivity contribution in [2.75, 3.05) is 25.0 Å². The molecule has 22 heavy (non-hydrogen) atoms. The number of anilines is 1. The number of para-hydroxylation sites is 1. The van der Waals surface area contributed by atoms with Crippen molar-refractivity contribution in [2.24, 2.45) is 4.99 Å². The van der Waals surface area contributed by atoms with Gasteiger partial charge in [-0.3, -0.25) is 9.98 Å². The van der Waals surface area contributed by atoms with Gasteiger partial charge in [0.1, 0.15) is 0 Å². The molecule has 3 rings (SSSR count). The van der Waals surface area contributed by atoms with E-state index in [1.165, 1.54) is 16.8 Å². The quantitative estimate of drug-likeness (QED) is 0.483. The molecule has 1 N–H and O–H groups in total. The van der Waals surface area contributed by atoms with Gasteiger partial charge in [0.25, 0.3) is 0 Å². The Morgan fingerprint density at radius 3 is 2.91 bits per heavy atom. The number of hydrogen-bond acceptors (Lipinski definition) is 2. The van der Waals surface area contributed by atoms with Crippen LogP contribution in [0.3, 0.4) is 0 Å². The van der Waals surface area contributed by atoms with Gasteiger partial charge in [0.2, 0.25) is 0 Å². The Morgan fingerprint density at radius 1 is 1.27 bits per heavy atom. The van der Waals surface area contributed by atoms with Gasteiger partial charge in [-0.2, -0.15) is 0 Å². The zero-order valence-corrected chi connectivity index (χ0v) is 15.0. The van der Waals surface area contributed by atoms with Gasteiger partial charge in [-0.15, -0.1) is 24.0 Å². The molecule has 0 aliphatic carbocycles. The molecule has 0 fully saturated rings. The number of aromatic nitrogens is 1. The summed E-state index contributed by atoms with van der Waals surface area (Å²) in [6.07, 6.45) is 5.74. The van der Waals surface area contributed by atoms with E-state index in [9.17, 15) is 0 Å². The van der Waals surface area contributed by atoms with Gasteiger partial charge < -0.3 is 10.2 Å². The summed E-state index contributed by atoms with van der Waals surface area (Å²) in [6.45, 7) is 1.85. The van der Waals surface area contributed by atoms with E-state index in [2.05, 4.69) is 50.5 Å². The van der Waals surface area contributed by atoms with Crippen LogP contribution in [0.4, 0.5) is 5.69 Å². The monoisotopic (exact) mass is 408 g/mol. The molecule has 0 atom stereocenters. The Balaban J connectivity index is 0.00000176. The second-order valence-corrected chi connectivity index (χ2v) is 5.12. The minimum Gasteiger partial charge on any atom is -0.356 e. The lowest BCUT2D eigenvalue weighted by atomic mass is 10.2. The SMILES string of the molecule is CN=C(NCCc1cccnc1)N1CCc2ccccc21.I. The number of nitrogens with zero attached hydrogens (tertiary/aromatic N) is 3. The van der Waals surface area contributed by atoms with Gasteiger partial charge in [-0.25, -0.2) is 0 Å². The normalized spacial score (nSPS) is 13.5. The maximum atomic E-state index is 4.42. The van der Waals surface area contributed by atoms with Crippen molar-refractivity contribution in [3.05, 3.63) is 59.9 Å². The standard InChI is InChI=1S/C17H20N4.HI/c1-18-17(20-11-8-14-5-4-10-19-13-14)21-12-9-15-6-2-3-7-16(15)21;/h2-7,10,13H,8-9,11-12H2,1H3,(H,18,20);1H. The van der Waals surface area contributed by atoms with Crippen LogP contribution in [0, 0.1) is 0 Å². The van der Waals surface area contributed by atoms with Crippen LogP contribution in [-0.4, -0.2) is 31.1 Å². The summed E-state index contributed by atoms with van der Waals surface area (Å²) in [5.41, 5.74) is 3.90. The molecule has 2 heterocycles. The molecule has 5 heteroatoms. The third kappa shape index (κ3) is 3.76. The van der Waals surface area contributed by atoms with Crippen molar-refractivity contribution >= 4 is 35.6 Å². The highest BCUT2D eigenvalue weighted by Crippen LogP contribution is 2.27. The molecule has 1 aliphatic rings. The lowest BCUT2D eigenvalue weighted by Crippen LogP contribution is -2.41. The fraction of sp³-hybridized carbons (Fsp3) is 0.294. The number of benzene rings is 1. The Bertz CT molecular complexity index is 628. The maximum Gasteiger partial charge on any atom is 0.198 e. The second kappa shape index (κ2) is 8.12. The molecule has 1 aromatic carbocycles. The van der Waals surface area contributed by atoms with Gasteiger partial charge >= 0.3 is 0 Å². The Morgan fingerprint density at radius 2 is 2.14 bits per heavy atom. The molecule has 0 radical (unpaired) electrons. The van der Waals surface area contributed by atoms with Crippen LogP contribution in [0.15, 0.2) is 53.8 Å². The topological polar surface area (TPSA) is 40.5 Å². The van der Waals surface area contributed by atoms with E-state index in [1.807, 2.05) is 19.3 Å². The van der Waals surface area contributed by atoms with Crippen molar-refractivity contribution in [3.63, 3.8) is 0 Å². The van der Waals surface area contributed by atoms with E-state index < -0.39 is 0 Å². The van der Waals surface area contributed by atoms with Gasteiger partial charge in [0, 0.05) is 38.2 Å². The Labute approximate surface area is 148 Å². The average molecular weight is 408 g/mol. The van der Waals surface area contributed by atoms with Crippen molar-refractivity contribution in [2.45, 2.75) is 12.8 Å². The highest BCUT2D eigenvalue weighted by Gasteiger charge is 2.21. The first-order chi connectivity index (χ1) is 10.4. The minimum absolute atomic E-state index is 0. The highest BCUT2D eigenvalue weighted by atomic mass is 127. The van der Waals surface area contributed by atoms with E-state index >= 15 is 0 Å². The molecule has 0 unspecified atom stereocenters. The average Bonchev–Trinajstić information content (AvgIpc) is 2.97. The largest absolute Gasteiger partial charge is 0.356 e. The number of rotatable bonds is 3. The molecule has 0 saturated carbocycles. The van der Waals surface area contributed by atoms with Crippen LogP contribution < -0.4 is 10.2 Å². The van der Waals surface area contributed by atoms with Gasteiger partial charge in [-0.05, 0) is 36.1 Å². The molecular formula is C17H21IN4. The zero-order valence-electron chi connectivity index (χ0n) is 12.7. The lowest BCUT2D eigenvalue weighted by molar-refractivity contribution is 0.834. The summed E-state index contributed by atoms with van der Waals surface area (Å²) in [4.78, 5) is 10.8. The summed E-state index contributed by atoms with van der Waals surface area (Å²) < 4.78 is 0. The number of halogens is 1. The minimum atomic E-state index is 0. The van der Waals surface area contributed by atoms with Crippen molar-refractivity contribution in [1.29, 1.82) is 0 Å². The summed E-state index contributed by atoms with van der Waals surface area (Å²) in [5.74, 6) is 0.948. The molecule has 0 saturated heterocycles. The number of guanidine groups is 1. The predicted molar refractivity (Wildman–Crippen MR) is 102 cm³/mol. The highest BCUT2D eigenvalue weighted by molar-refractivity contribution is 14.0. The van der Waals surface area contributed by atoms with Crippen LogP contribution in [0.2, 0.25) is 0 Å². The first-order valence-corrected chi connectivity index (χ1v) is 7.33. The van der Waals surface area contributed by atoms with E-state index in [-0.39, 0.29) is 24.0 Å². The molecule has 1 aromatic heterocycles. The molecule has 116 valence electrons. The van der Waals surface area contributed by atoms with E-state index in [1.54, 1.807) is 6.20 Å². The van der Waals surface area contributed by atoms with Crippen LogP contribution >= 0.6 is 24.0 Å². The summed E-state index contributed by atoms with van der Waals surface area (Å²) >= 11 is 0. The zero-order chi connectivity index (χ0) is 14.5. The van der Waals surface area contributed by atoms with Crippen LogP contribution in [-0.2, 0) is 12.8 Å². The second-order valence-electron chi connectivity index (χ2n) is 5.12. The van der Waals surface area contributed by atoms with Crippen LogP contribution in [0.25, 0.3) is 0 Å². The van der Waals surface area contributed by atoms with E-state index in [4.69, 9.17) is 0 Å². The van der Waals surface area contributed by atoms with Crippen molar-refractivity contribution in [3.8, 4) is 0 Å². The third-order valence-electron chi connectivity index (χ3n) is 3.77. The van der Waals surface area contributed by atoms with Crippen LogP contribution in [0.5, 0.6) is 0 Å². The molecule has 0 amide bonds. The summed E-state index contributed by atoms with van der Waals surface area (Å²) in [5, 5.41) is 3.45. The lowest BCUT2D eigenvalue weighted by Gasteiger charge is -2.22. The molecule has 1 aliphatic heterocycles. The van der Waals surface area contributed by atoms with Gasteiger partial charge in [0.15, 0.2) is 5.96 Å². The fourth-order valence-corrected chi connectivity index (χ4v) is 2.72. The number of nitrogens with one attached hydrogen (secondary N) is 1. The summed E-state index contributed by atoms with van der Waals surface area (Å²) in [7, 11) is 1.84. The van der Waals surface area contributed by atoms with Crippen molar-refractivity contribution < 1.29 is 0 Å². The predicted octanol–water partition coefficient (Wildman–Crippen LogP) is 2.88. The number of hydrogen-bond donors (Lipinski definition) is 1. The Kier molecular flexibility index (Phi) is 6.18. The first-order valence-electron chi connectivity index (χ1n) is 7.33. The number of aliphatic imine (C=N–C) groups is 1. The van der Waals surface area contributed by atoms with Crippen molar-refractivity contribution in [1.82, 2.24) is 10.3 Å². The number of pyridine rings is 1. The maximum absolute atomic E-state index is 4.42. The van der Waals surface area contributed by atoms with Gasteiger partial charge in [-0.1, -0.05) is 24.3 Å². The summed E-state index contributed by atoms with van der Waals surface area (Å²) in [6, 6.07) is 12.6. The fourth-order valence-electron chi connectivity index (χ4n) is 2.72. The molecule has 4 nitrogen and oxygen atoms in total. The van der Waals surface area contributed by atoms with E-state index in [0.717, 1.165) is 31.9 Å². The molecule has 0 bridgehead atoms. The molecular weight excluding hydrogens is 387 g/mol. The van der Waals surface area contributed by atoms with E-state index in [0.29, 0.717) is 0 Å². The molecule has 0 spiro atoms. The van der Waals surface area contributed by atoms with Gasteiger partial charge in [0.05, 0.1) is 0 Å². The smallest absolute Gasteiger partial charge is 0.198 e. The Hall–Kier alpha value is -1.63. The first kappa shape index (κ1) is 16.7. The van der Waals surface area contributed by atoms with Crippen LogP contribution in [0.1, 0.15) is 11.1 Å². The number of fused-ring (bicyclic) bond motifs is 1. The third-order valence-corrected chi connectivity index (χ3v) is 3.77.